The minimum Gasteiger partial charge on any atom is -0.411 e. The molecule has 1 N–H and O–H groups in total. The molecule has 120 valence electrons. The molecule has 3 rings (SSSR count). The first-order valence-corrected chi connectivity index (χ1v) is 8.29. The van der Waals surface area contributed by atoms with E-state index in [1.807, 2.05) is 12.1 Å². The lowest BCUT2D eigenvalue weighted by molar-refractivity contribution is 0.120. The number of piperidine rings is 1. The zero-order valence-electron chi connectivity index (χ0n) is 13.8. The highest BCUT2D eigenvalue weighted by Gasteiger charge is 2.39. The molecule has 3 atom stereocenters. The fraction of sp³-hybridized carbons (Fsp3) is 0.350. The SMILES string of the molecule is CCC1/C(=N/O)CC(c2ccccc2)N(C)C1c1ccccc1. The third-order valence-electron chi connectivity index (χ3n) is 5.04. The maximum absolute atomic E-state index is 9.58. The number of hydrogen-bond donors (Lipinski definition) is 1. The zero-order valence-corrected chi connectivity index (χ0v) is 13.8. The van der Waals surface area contributed by atoms with Gasteiger partial charge < -0.3 is 5.21 Å². The Morgan fingerprint density at radius 3 is 2.09 bits per heavy atom. The molecule has 0 saturated carbocycles. The highest BCUT2D eigenvalue weighted by Crippen LogP contribution is 2.43. The van der Waals surface area contributed by atoms with E-state index in [9.17, 15) is 5.21 Å². The van der Waals surface area contributed by atoms with Gasteiger partial charge in [0, 0.05) is 24.4 Å². The number of hydrogen-bond acceptors (Lipinski definition) is 3. The molecule has 0 bridgehead atoms. The summed E-state index contributed by atoms with van der Waals surface area (Å²) in [6.45, 7) is 2.17. The highest BCUT2D eigenvalue weighted by molar-refractivity contribution is 5.88. The monoisotopic (exact) mass is 308 g/mol. The van der Waals surface area contributed by atoms with E-state index in [0.717, 1.165) is 18.6 Å². The summed E-state index contributed by atoms with van der Waals surface area (Å²) in [5.41, 5.74) is 3.46. The standard InChI is InChI=1S/C20H24N2O/c1-3-17-18(21-23)14-19(15-10-6-4-7-11-15)22(2)20(17)16-12-8-5-9-13-16/h4-13,17,19-20,23H,3,14H2,1-2H3/b21-18+. The Balaban J connectivity index is 2.03. The quantitative estimate of drug-likeness (QED) is 0.661. The van der Waals surface area contributed by atoms with Gasteiger partial charge >= 0.3 is 0 Å². The van der Waals surface area contributed by atoms with Gasteiger partial charge in [0.25, 0.3) is 0 Å². The average Bonchev–Trinajstić information content (AvgIpc) is 2.62. The second-order valence-electron chi connectivity index (χ2n) is 6.26. The van der Waals surface area contributed by atoms with Gasteiger partial charge in [-0.25, -0.2) is 0 Å². The number of likely N-dealkylation sites (tertiary alicyclic amines) is 1. The Morgan fingerprint density at radius 1 is 1.00 bits per heavy atom. The number of nitrogens with zero attached hydrogens (tertiary/aromatic N) is 2. The van der Waals surface area contributed by atoms with Gasteiger partial charge in [0.05, 0.1) is 5.71 Å². The number of benzene rings is 2. The molecule has 23 heavy (non-hydrogen) atoms. The molecule has 2 aromatic carbocycles. The smallest absolute Gasteiger partial charge is 0.0639 e. The van der Waals surface area contributed by atoms with Crippen LogP contribution in [0.2, 0.25) is 0 Å². The first-order chi connectivity index (χ1) is 11.3. The van der Waals surface area contributed by atoms with Crippen LogP contribution in [0.3, 0.4) is 0 Å². The fourth-order valence-electron chi connectivity index (χ4n) is 3.87. The summed E-state index contributed by atoms with van der Waals surface area (Å²) >= 11 is 0. The Bertz CT molecular complexity index is 654. The second-order valence-corrected chi connectivity index (χ2v) is 6.26. The van der Waals surface area contributed by atoms with Crippen molar-refractivity contribution < 1.29 is 5.21 Å². The Labute approximate surface area is 138 Å². The van der Waals surface area contributed by atoms with Crippen LogP contribution in [0, 0.1) is 5.92 Å². The first-order valence-electron chi connectivity index (χ1n) is 8.29. The van der Waals surface area contributed by atoms with Gasteiger partial charge in [-0.15, -0.1) is 0 Å². The lowest BCUT2D eigenvalue weighted by atomic mass is 9.77. The van der Waals surface area contributed by atoms with Gasteiger partial charge in [0.1, 0.15) is 0 Å². The predicted molar refractivity (Wildman–Crippen MR) is 93.7 cm³/mol. The van der Waals surface area contributed by atoms with E-state index in [4.69, 9.17) is 0 Å². The Hall–Kier alpha value is -2.13. The lowest BCUT2D eigenvalue weighted by Crippen LogP contribution is -2.43. The minimum absolute atomic E-state index is 0.228. The van der Waals surface area contributed by atoms with Crippen LogP contribution in [0.15, 0.2) is 65.8 Å². The van der Waals surface area contributed by atoms with Crippen molar-refractivity contribution in [3.05, 3.63) is 71.8 Å². The van der Waals surface area contributed by atoms with E-state index < -0.39 is 0 Å². The van der Waals surface area contributed by atoms with E-state index in [-0.39, 0.29) is 18.0 Å². The lowest BCUT2D eigenvalue weighted by Gasteiger charge is -2.45. The average molecular weight is 308 g/mol. The Kier molecular flexibility index (Phi) is 4.77. The normalized spacial score (nSPS) is 27.2. The molecule has 0 aromatic heterocycles. The maximum Gasteiger partial charge on any atom is 0.0639 e. The Morgan fingerprint density at radius 2 is 1.57 bits per heavy atom. The summed E-state index contributed by atoms with van der Waals surface area (Å²) < 4.78 is 0. The minimum atomic E-state index is 0.228. The molecule has 0 spiro atoms. The van der Waals surface area contributed by atoms with Gasteiger partial charge in [-0.1, -0.05) is 72.7 Å². The van der Waals surface area contributed by atoms with Crippen molar-refractivity contribution in [3.8, 4) is 0 Å². The third-order valence-corrected chi connectivity index (χ3v) is 5.04. The van der Waals surface area contributed by atoms with Crippen molar-refractivity contribution >= 4 is 5.71 Å². The van der Waals surface area contributed by atoms with Crippen molar-refractivity contribution in [1.82, 2.24) is 4.90 Å². The fourth-order valence-corrected chi connectivity index (χ4v) is 3.87. The predicted octanol–water partition coefficient (Wildman–Crippen LogP) is 4.66. The largest absolute Gasteiger partial charge is 0.411 e. The summed E-state index contributed by atoms with van der Waals surface area (Å²) in [5.74, 6) is 0.243. The van der Waals surface area contributed by atoms with Crippen LogP contribution in [0.25, 0.3) is 0 Å². The van der Waals surface area contributed by atoms with Gasteiger partial charge in [-0.05, 0) is 24.6 Å². The molecule has 3 unspecified atom stereocenters. The molecule has 0 amide bonds. The van der Waals surface area contributed by atoms with Crippen molar-refractivity contribution in [2.45, 2.75) is 31.8 Å². The summed E-state index contributed by atoms with van der Waals surface area (Å²) in [6.07, 6.45) is 1.74. The molecule has 1 aliphatic rings. The van der Waals surface area contributed by atoms with Gasteiger partial charge in [0.2, 0.25) is 0 Å². The molecule has 1 saturated heterocycles. The van der Waals surface area contributed by atoms with E-state index in [1.54, 1.807) is 0 Å². The molecule has 3 heteroatoms. The van der Waals surface area contributed by atoms with Crippen LogP contribution < -0.4 is 0 Å². The van der Waals surface area contributed by atoms with E-state index in [2.05, 4.69) is 72.6 Å². The summed E-state index contributed by atoms with van der Waals surface area (Å²) in [7, 11) is 2.19. The highest BCUT2D eigenvalue weighted by atomic mass is 16.4. The van der Waals surface area contributed by atoms with Crippen LogP contribution in [0.5, 0.6) is 0 Å². The molecule has 3 nitrogen and oxygen atoms in total. The molecule has 0 radical (unpaired) electrons. The van der Waals surface area contributed by atoms with Gasteiger partial charge in [-0.3, -0.25) is 4.90 Å². The van der Waals surface area contributed by atoms with Gasteiger partial charge in [-0.2, -0.15) is 0 Å². The summed E-state index contributed by atoms with van der Waals surface area (Å²) in [6, 6.07) is 21.5. The second kappa shape index (κ2) is 6.97. The van der Waals surface area contributed by atoms with E-state index in [1.165, 1.54) is 11.1 Å². The molecule has 1 aliphatic heterocycles. The number of oxime groups is 1. The van der Waals surface area contributed by atoms with Crippen LogP contribution in [0.4, 0.5) is 0 Å². The first kappa shape index (κ1) is 15.8. The molecule has 1 heterocycles. The third kappa shape index (κ3) is 3.02. The topological polar surface area (TPSA) is 35.8 Å². The maximum atomic E-state index is 9.58. The molecular weight excluding hydrogens is 284 g/mol. The van der Waals surface area contributed by atoms with Crippen molar-refractivity contribution in [1.29, 1.82) is 0 Å². The molecule has 2 aromatic rings. The van der Waals surface area contributed by atoms with Gasteiger partial charge in [0.15, 0.2) is 0 Å². The van der Waals surface area contributed by atoms with Crippen LogP contribution in [-0.4, -0.2) is 22.9 Å². The molecular formula is C20H24N2O. The van der Waals surface area contributed by atoms with Crippen molar-refractivity contribution in [2.24, 2.45) is 11.1 Å². The zero-order chi connectivity index (χ0) is 16.2. The van der Waals surface area contributed by atoms with Crippen LogP contribution in [-0.2, 0) is 0 Å². The van der Waals surface area contributed by atoms with E-state index >= 15 is 0 Å². The van der Waals surface area contributed by atoms with Crippen molar-refractivity contribution in [2.75, 3.05) is 7.05 Å². The van der Waals surface area contributed by atoms with Crippen LogP contribution >= 0.6 is 0 Å². The summed E-state index contributed by atoms with van der Waals surface area (Å²) in [5, 5.41) is 13.3. The summed E-state index contributed by atoms with van der Waals surface area (Å²) in [4.78, 5) is 2.44. The van der Waals surface area contributed by atoms with Crippen molar-refractivity contribution in [3.63, 3.8) is 0 Å². The molecule has 1 fully saturated rings. The molecule has 0 aliphatic carbocycles. The van der Waals surface area contributed by atoms with Crippen LogP contribution in [0.1, 0.15) is 43.0 Å². The number of rotatable bonds is 3. The van der Waals surface area contributed by atoms with E-state index in [0.29, 0.717) is 0 Å².